The van der Waals surface area contributed by atoms with E-state index >= 15 is 0 Å². The van der Waals surface area contributed by atoms with Gasteiger partial charge in [0.05, 0.1) is 0 Å². The molecule has 4 unspecified atom stereocenters. The first-order valence-corrected chi connectivity index (χ1v) is 7.66. The van der Waals surface area contributed by atoms with Gasteiger partial charge in [-0.3, -0.25) is 4.79 Å². The highest BCUT2D eigenvalue weighted by Crippen LogP contribution is 2.26. The average Bonchev–Trinajstić information content (AvgIpc) is 2.93. The second-order valence-electron chi connectivity index (χ2n) is 6.00. The van der Waals surface area contributed by atoms with Crippen LogP contribution in [0.15, 0.2) is 30.5 Å². The van der Waals surface area contributed by atoms with Crippen molar-refractivity contribution >= 4 is 16.9 Å². The number of aromatic nitrogens is 1. The van der Waals surface area contributed by atoms with E-state index in [0.29, 0.717) is 12.8 Å². The van der Waals surface area contributed by atoms with Gasteiger partial charge < -0.3 is 26.0 Å². The highest BCUT2D eigenvalue weighted by Gasteiger charge is 2.41. The number of benzene rings is 1. The highest BCUT2D eigenvalue weighted by molar-refractivity contribution is 5.84. The standard InChI is InChI=1S/C16H21N3O4/c17-11-5-6-14(20)19(15(11)21)13(16(22)23)7-9-8-18-12-4-2-1-3-10(9)12/h1-4,8,11,13-15,18,20-21H,5-7,17H2,(H,22,23). The zero-order valence-electron chi connectivity index (χ0n) is 12.6. The molecule has 0 aliphatic carbocycles. The molecule has 2 aromatic rings. The smallest absolute Gasteiger partial charge is 0.321 e. The number of rotatable bonds is 4. The van der Waals surface area contributed by atoms with E-state index in [1.165, 1.54) is 4.90 Å². The van der Waals surface area contributed by atoms with Gasteiger partial charge in [0.1, 0.15) is 18.5 Å². The van der Waals surface area contributed by atoms with E-state index in [0.717, 1.165) is 16.5 Å². The Labute approximate surface area is 133 Å². The summed E-state index contributed by atoms with van der Waals surface area (Å²) in [6, 6.07) is 5.99. The third kappa shape index (κ3) is 2.96. The number of carboxylic acid groups (broad SMARTS) is 1. The number of para-hydroxylation sites is 1. The molecule has 0 spiro atoms. The maximum atomic E-state index is 11.7. The summed E-state index contributed by atoms with van der Waals surface area (Å²) in [5.41, 5.74) is 7.58. The molecule has 1 saturated heterocycles. The zero-order valence-corrected chi connectivity index (χ0v) is 12.6. The maximum absolute atomic E-state index is 11.7. The van der Waals surface area contributed by atoms with Crippen molar-refractivity contribution in [2.75, 3.05) is 0 Å². The van der Waals surface area contributed by atoms with E-state index in [-0.39, 0.29) is 6.42 Å². The van der Waals surface area contributed by atoms with Crippen LogP contribution in [0.1, 0.15) is 18.4 Å². The van der Waals surface area contributed by atoms with Crippen molar-refractivity contribution in [1.29, 1.82) is 0 Å². The first-order chi connectivity index (χ1) is 11.0. The number of hydrogen-bond acceptors (Lipinski definition) is 5. The van der Waals surface area contributed by atoms with Crippen LogP contribution in [0.4, 0.5) is 0 Å². The Balaban J connectivity index is 1.91. The number of aliphatic hydroxyl groups excluding tert-OH is 2. The van der Waals surface area contributed by atoms with Crippen LogP contribution in [0.25, 0.3) is 10.9 Å². The van der Waals surface area contributed by atoms with Crippen molar-refractivity contribution in [1.82, 2.24) is 9.88 Å². The molecular weight excluding hydrogens is 298 g/mol. The van der Waals surface area contributed by atoms with Crippen LogP contribution in [0, 0.1) is 0 Å². The number of nitrogens with two attached hydrogens (primary N) is 1. The van der Waals surface area contributed by atoms with Gasteiger partial charge in [0.2, 0.25) is 0 Å². The Hall–Kier alpha value is -1.93. The van der Waals surface area contributed by atoms with E-state index in [9.17, 15) is 20.1 Å². The van der Waals surface area contributed by atoms with E-state index < -0.39 is 30.5 Å². The third-order valence-corrected chi connectivity index (χ3v) is 4.52. The Bertz CT molecular complexity index is 701. The van der Waals surface area contributed by atoms with Gasteiger partial charge >= 0.3 is 5.97 Å². The van der Waals surface area contributed by atoms with Crippen LogP contribution >= 0.6 is 0 Å². The molecule has 4 atom stereocenters. The Morgan fingerprint density at radius 3 is 2.83 bits per heavy atom. The number of hydrogen-bond donors (Lipinski definition) is 5. The van der Waals surface area contributed by atoms with Crippen LogP contribution in [0.5, 0.6) is 0 Å². The normalized spacial score (nSPS) is 27.2. The SMILES string of the molecule is NC1CCC(O)N(C(Cc2c[nH]c3ccccc23)C(=O)O)C1O. The summed E-state index contributed by atoms with van der Waals surface area (Å²) < 4.78 is 0. The van der Waals surface area contributed by atoms with Gasteiger partial charge in [-0.25, -0.2) is 4.90 Å². The number of carbonyl (C=O) groups is 1. The minimum Gasteiger partial charge on any atom is -0.480 e. The summed E-state index contributed by atoms with van der Waals surface area (Å²) in [6.45, 7) is 0. The van der Waals surface area contributed by atoms with E-state index in [1.54, 1.807) is 6.20 Å². The summed E-state index contributed by atoms with van der Waals surface area (Å²) >= 11 is 0. The first kappa shape index (κ1) is 15.9. The van der Waals surface area contributed by atoms with Gasteiger partial charge in [0.25, 0.3) is 0 Å². The lowest BCUT2D eigenvalue weighted by molar-refractivity contribution is -0.179. The topological polar surface area (TPSA) is 123 Å². The number of nitrogens with zero attached hydrogens (tertiary/aromatic N) is 1. The van der Waals surface area contributed by atoms with Crippen LogP contribution in [-0.4, -0.2) is 55.7 Å². The van der Waals surface area contributed by atoms with E-state index in [1.807, 2.05) is 24.3 Å². The predicted molar refractivity (Wildman–Crippen MR) is 84.5 cm³/mol. The third-order valence-electron chi connectivity index (χ3n) is 4.52. The minimum atomic E-state index is -1.18. The van der Waals surface area contributed by atoms with Gasteiger partial charge in [-0.2, -0.15) is 0 Å². The molecule has 0 bridgehead atoms. The number of likely N-dealkylation sites (tertiary alicyclic amines) is 1. The summed E-state index contributed by atoms with van der Waals surface area (Å²) in [6.07, 6.45) is 0.540. The number of H-pyrrole nitrogens is 1. The van der Waals surface area contributed by atoms with Crippen molar-refractivity contribution in [3.05, 3.63) is 36.0 Å². The molecule has 0 saturated carbocycles. The quantitative estimate of drug-likeness (QED) is 0.549. The molecule has 1 aromatic carbocycles. The first-order valence-electron chi connectivity index (χ1n) is 7.66. The van der Waals surface area contributed by atoms with Gasteiger partial charge in [-0.1, -0.05) is 18.2 Å². The molecule has 1 aliphatic heterocycles. The number of carboxylic acids is 1. The molecule has 1 fully saturated rings. The summed E-state index contributed by atoms with van der Waals surface area (Å²) in [4.78, 5) is 16.1. The molecule has 1 aromatic heterocycles. The molecule has 7 heteroatoms. The van der Waals surface area contributed by atoms with Gasteiger partial charge in [-0.05, 0) is 24.5 Å². The molecule has 3 rings (SSSR count). The van der Waals surface area contributed by atoms with Crippen molar-refractivity contribution in [2.45, 2.75) is 43.8 Å². The van der Waals surface area contributed by atoms with Crippen LogP contribution in [0.2, 0.25) is 0 Å². The molecule has 23 heavy (non-hydrogen) atoms. The summed E-state index contributed by atoms with van der Waals surface area (Å²) in [5.74, 6) is -1.09. The van der Waals surface area contributed by atoms with Crippen LogP contribution in [0.3, 0.4) is 0 Å². The Morgan fingerprint density at radius 1 is 1.35 bits per heavy atom. The number of piperidine rings is 1. The number of aromatic amines is 1. The monoisotopic (exact) mass is 319 g/mol. The molecule has 1 aliphatic rings. The minimum absolute atomic E-state index is 0.167. The largest absolute Gasteiger partial charge is 0.480 e. The van der Waals surface area contributed by atoms with Gasteiger partial charge in [-0.15, -0.1) is 0 Å². The number of aliphatic carboxylic acids is 1. The maximum Gasteiger partial charge on any atom is 0.321 e. The lowest BCUT2D eigenvalue weighted by Crippen LogP contribution is -2.62. The molecule has 0 amide bonds. The Morgan fingerprint density at radius 2 is 2.09 bits per heavy atom. The van der Waals surface area contributed by atoms with E-state index in [4.69, 9.17) is 5.73 Å². The fourth-order valence-electron chi connectivity index (χ4n) is 3.26. The zero-order chi connectivity index (χ0) is 16.6. The molecule has 124 valence electrons. The molecule has 7 nitrogen and oxygen atoms in total. The van der Waals surface area contributed by atoms with Crippen LogP contribution < -0.4 is 5.73 Å². The number of aliphatic hydroxyl groups is 2. The fraction of sp³-hybridized carbons (Fsp3) is 0.438. The fourth-order valence-corrected chi connectivity index (χ4v) is 3.26. The van der Waals surface area contributed by atoms with Crippen molar-refractivity contribution in [2.24, 2.45) is 5.73 Å². The Kier molecular flexibility index (Phi) is 4.36. The predicted octanol–water partition coefficient (Wildman–Crippen LogP) is 0.223. The molecule has 6 N–H and O–H groups in total. The van der Waals surface area contributed by atoms with Crippen molar-refractivity contribution in [3.63, 3.8) is 0 Å². The molecule has 0 radical (unpaired) electrons. The van der Waals surface area contributed by atoms with Gasteiger partial charge in [0, 0.05) is 29.6 Å². The highest BCUT2D eigenvalue weighted by atomic mass is 16.4. The van der Waals surface area contributed by atoms with E-state index in [2.05, 4.69) is 4.98 Å². The molecular formula is C16H21N3O4. The van der Waals surface area contributed by atoms with Gasteiger partial charge in [0.15, 0.2) is 0 Å². The lowest BCUT2D eigenvalue weighted by Gasteiger charge is -2.42. The van der Waals surface area contributed by atoms with Crippen molar-refractivity contribution in [3.8, 4) is 0 Å². The lowest BCUT2D eigenvalue weighted by atomic mass is 9.97. The number of fused-ring (bicyclic) bond motifs is 1. The second kappa shape index (κ2) is 6.29. The van der Waals surface area contributed by atoms with Crippen LogP contribution in [-0.2, 0) is 11.2 Å². The summed E-state index contributed by atoms with van der Waals surface area (Å²) in [7, 11) is 0. The average molecular weight is 319 g/mol. The summed E-state index contributed by atoms with van der Waals surface area (Å²) in [5, 5.41) is 30.9. The van der Waals surface area contributed by atoms with Crippen molar-refractivity contribution < 1.29 is 20.1 Å². The number of nitrogens with one attached hydrogen (secondary N) is 1. The second-order valence-corrected chi connectivity index (χ2v) is 6.00. The molecule has 2 heterocycles.